The second-order valence-corrected chi connectivity index (χ2v) is 7.41. The van der Waals surface area contributed by atoms with Gasteiger partial charge in [0, 0.05) is 22.5 Å². The molecule has 1 amide bonds. The molecule has 5 nitrogen and oxygen atoms in total. The van der Waals surface area contributed by atoms with E-state index in [1.54, 1.807) is 0 Å². The van der Waals surface area contributed by atoms with Crippen LogP contribution in [0.4, 0.5) is 0 Å². The van der Waals surface area contributed by atoms with Gasteiger partial charge in [0.15, 0.2) is 6.61 Å². The highest BCUT2D eigenvalue weighted by atomic mass is 35.5. The number of carbonyl (C=O) groups is 1. The minimum atomic E-state index is -0.277. The zero-order chi connectivity index (χ0) is 21.6. The molecule has 1 heterocycles. The van der Waals surface area contributed by atoms with Crippen molar-refractivity contribution < 1.29 is 14.6 Å². The Labute approximate surface area is 185 Å². The van der Waals surface area contributed by atoms with Gasteiger partial charge >= 0.3 is 0 Å². The number of carbonyl (C=O) groups excluding carboxylic acids is 1. The summed E-state index contributed by atoms with van der Waals surface area (Å²) >= 11 is 6.25. The molecule has 0 radical (unpaired) electrons. The molecule has 0 saturated carbocycles. The molecule has 0 aliphatic heterocycles. The second kappa shape index (κ2) is 9.60. The number of nitrogens with zero attached hydrogens (tertiary/aromatic N) is 1. The number of hydrogen-bond donors (Lipinski definition) is 2. The van der Waals surface area contributed by atoms with E-state index in [9.17, 15) is 4.79 Å². The smallest absolute Gasteiger partial charge is 0.258 e. The molecule has 31 heavy (non-hydrogen) atoms. The Morgan fingerprint density at radius 2 is 1.74 bits per heavy atom. The van der Waals surface area contributed by atoms with Crippen molar-refractivity contribution in [3.8, 4) is 28.1 Å². The first-order valence-corrected chi connectivity index (χ1v) is 10.3. The molecule has 156 valence electrons. The lowest BCUT2D eigenvalue weighted by molar-refractivity contribution is -0.123. The van der Waals surface area contributed by atoms with Gasteiger partial charge < -0.3 is 15.2 Å². The van der Waals surface area contributed by atoms with Gasteiger partial charge in [-0.1, -0.05) is 41.9 Å². The van der Waals surface area contributed by atoms with Crippen LogP contribution in [0.1, 0.15) is 0 Å². The monoisotopic (exact) mass is 432 g/mol. The van der Waals surface area contributed by atoms with Crippen molar-refractivity contribution in [1.29, 1.82) is 0 Å². The lowest BCUT2D eigenvalue weighted by Crippen LogP contribution is -2.31. The first-order valence-electron chi connectivity index (χ1n) is 9.90. The summed E-state index contributed by atoms with van der Waals surface area (Å²) in [5.74, 6) is 0.305. The first kappa shape index (κ1) is 20.8. The number of ether oxygens (including phenoxy) is 1. The van der Waals surface area contributed by atoms with Crippen LogP contribution in [0.15, 0.2) is 78.9 Å². The van der Waals surface area contributed by atoms with E-state index in [1.165, 1.54) is 0 Å². The average Bonchev–Trinajstić information content (AvgIpc) is 2.81. The molecule has 1 aromatic heterocycles. The third-order valence-electron chi connectivity index (χ3n) is 4.81. The average molecular weight is 433 g/mol. The summed E-state index contributed by atoms with van der Waals surface area (Å²) in [7, 11) is 0. The van der Waals surface area contributed by atoms with E-state index in [-0.39, 0.29) is 25.7 Å². The van der Waals surface area contributed by atoms with Gasteiger partial charge in [-0.25, -0.2) is 4.98 Å². The number of benzene rings is 3. The predicted molar refractivity (Wildman–Crippen MR) is 123 cm³/mol. The number of aromatic nitrogens is 1. The van der Waals surface area contributed by atoms with Crippen molar-refractivity contribution in [2.75, 3.05) is 19.8 Å². The SMILES string of the molecule is O=C(COc1ccc(-c2cc(-c3ccccc3)c3cc(Cl)ccc3n2)cc1)NCCO. The summed E-state index contributed by atoms with van der Waals surface area (Å²) in [4.78, 5) is 16.4. The van der Waals surface area contributed by atoms with Crippen LogP contribution in [-0.2, 0) is 4.79 Å². The Kier molecular flexibility index (Phi) is 6.46. The number of aliphatic hydroxyl groups is 1. The van der Waals surface area contributed by atoms with Crippen LogP contribution < -0.4 is 10.1 Å². The van der Waals surface area contributed by atoms with E-state index < -0.39 is 0 Å². The van der Waals surface area contributed by atoms with Gasteiger partial charge in [-0.2, -0.15) is 0 Å². The number of pyridine rings is 1. The maximum Gasteiger partial charge on any atom is 0.258 e. The number of nitrogens with one attached hydrogen (secondary N) is 1. The standard InChI is InChI=1S/C25H21ClN2O3/c26-19-8-11-23-22(14-19)21(17-4-2-1-3-5-17)15-24(28-23)18-6-9-20(10-7-18)31-16-25(30)27-12-13-29/h1-11,14-15,29H,12-13,16H2,(H,27,30). The van der Waals surface area contributed by atoms with Gasteiger partial charge in [-0.05, 0) is 59.7 Å². The minimum absolute atomic E-state index is 0.101. The lowest BCUT2D eigenvalue weighted by Gasteiger charge is -2.12. The molecule has 0 atom stereocenters. The maximum absolute atomic E-state index is 11.6. The van der Waals surface area contributed by atoms with Crippen LogP contribution in [0, 0.1) is 0 Å². The van der Waals surface area contributed by atoms with Crippen molar-refractivity contribution in [2.24, 2.45) is 0 Å². The van der Waals surface area contributed by atoms with Crippen LogP contribution in [0.3, 0.4) is 0 Å². The first-order chi connectivity index (χ1) is 15.1. The molecule has 0 spiro atoms. The third-order valence-corrected chi connectivity index (χ3v) is 5.04. The Morgan fingerprint density at radius 3 is 2.48 bits per heavy atom. The molecule has 0 bridgehead atoms. The Bertz CT molecular complexity index is 1190. The van der Waals surface area contributed by atoms with E-state index in [4.69, 9.17) is 26.4 Å². The Hall–Kier alpha value is -3.41. The van der Waals surface area contributed by atoms with E-state index in [2.05, 4.69) is 23.5 Å². The second-order valence-electron chi connectivity index (χ2n) is 6.97. The van der Waals surface area contributed by atoms with Crippen molar-refractivity contribution in [3.63, 3.8) is 0 Å². The summed E-state index contributed by atoms with van der Waals surface area (Å²) in [5, 5.41) is 13.0. The molecule has 0 saturated heterocycles. The van der Waals surface area contributed by atoms with Gasteiger partial charge in [0.2, 0.25) is 0 Å². The Morgan fingerprint density at radius 1 is 0.968 bits per heavy atom. The molecular weight excluding hydrogens is 412 g/mol. The molecule has 0 unspecified atom stereocenters. The number of hydrogen-bond acceptors (Lipinski definition) is 4. The number of aliphatic hydroxyl groups excluding tert-OH is 1. The van der Waals surface area contributed by atoms with Crippen LogP contribution in [0.25, 0.3) is 33.3 Å². The molecular formula is C25H21ClN2O3. The van der Waals surface area contributed by atoms with Crippen molar-refractivity contribution in [2.45, 2.75) is 0 Å². The molecule has 3 aromatic carbocycles. The highest BCUT2D eigenvalue weighted by molar-refractivity contribution is 6.31. The molecule has 4 aromatic rings. The van der Waals surface area contributed by atoms with Crippen molar-refractivity contribution in [1.82, 2.24) is 10.3 Å². The van der Waals surface area contributed by atoms with Crippen molar-refractivity contribution >= 4 is 28.4 Å². The van der Waals surface area contributed by atoms with E-state index in [1.807, 2.05) is 60.7 Å². The van der Waals surface area contributed by atoms with E-state index >= 15 is 0 Å². The molecule has 0 aliphatic rings. The summed E-state index contributed by atoms with van der Waals surface area (Å²) in [6, 6.07) is 25.4. The summed E-state index contributed by atoms with van der Waals surface area (Å²) < 4.78 is 5.50. The fraction of sp³-hybridized carbons (Fsp3) is 0.120. The highest BCUT2D eigenvalue weighted by Gasteiger charge is 2.11. The van der Waals surface area contributed by atoms with Gasteiger partial charge in [0.1, 0.15) is 5.75 Å². The van der Waals surface area contributed by atoms with Gasteiger partial charge in [-0.15, -0.1) is 0 Å². The third kappa shape index (κ3) is 5.02. The van der Waals surface area contributed by atoms with Crippen LogP contribution >= 0.6 is 11.6 Å². The van der Waals surface area contributed by atoms with Crippen LogP contribution in [0.2, 0.25) is 5.02 Å². The normalized spacial score (nSPS) is 10.8. The summed E-state index contributed by atoms with van der Waals surface area (Å²) in [5.41, 5.74) is 4.78. The fourth-order valence-corrected chi connectivity index (χ4v) is 3.49. The molecule has 6 heteroatoms. The predicted octanol–water partition coefficient (Wildman–Crippen LogP) is 4.71. The van der Waals surface area contributed by atoms with Crippen molar-refractivity contribution in [3.05, 3.63) is 83.9 Å². The maximum atomic E-state index is 11.6. The van der Waals surface area contributed by atoms with Gasteiger partial charge in [0.05, 0.1) is 17.8 Å². The summed E-state index contributed by atoms with van der Waals surface area (Å²) in [6.45, 7) is 0.00653. The molecule has 4 rings (SSSR count). The summed E-state index contributed by atoms with van der Waals surface area (Å²) in [6.07, 6.45) is 0. The molecule has 0 fully saturated rings. The zero-order valence-electron chi connectivity index (χ0n) is 16.7. The fourth-order valence-electron chi connectivity index (χ4n) is 3.32. The lowest BCUT2D eigenvalue weighted by atomic mass is 9.98. The number of rotatable bonds is 7. The Balaban J connectivity index is 1.64. The number of amides is 1. The van der Waals surface area contributed by atoms with E-state index in [0.29, 0.717) is 10.8 Å². The van der Waals surface area contributed by atoms with Crippen LogP contribution in [0.5, 0.6) is 5.75 Å². The topological polar surface area (TPSA) is 71.5 Å². The molecule has 0 aliphatic carbocycles. The number of fused-ring (bicyclic) bond motifs is 1. The minimum Gasteiger partial charge on any atom is -0.484 e. The molecule has 2 N–H and O–H groups in total. The number of halogens is 1. The zero-order valence-corrected chi connectivity index (χ0v) is 17.5. The highest BCUT2D eigenvalue weighted by Crippen LogP contribution is 2.33. The van der Waals surface area contributed by atoms with E-state index in [0.717, 1.165) is 33.3 Å². The van der Waals surface area contributed by atoms with Gasteiger partial charge in [0.25, 0.3) is 5.91 Å². The largest absolute Gasteiger partial charge is 0.484 e. The van der Waals surface area contributed by atoms with Crippen LogP contribution in [-0.4, -0.2) is 35.8 Å². The quantitative estimate of drug-likeness (QED) is 0.443. The van der Waals surface area contributed by atoms with Gasteiger partial charge in [-0.3, -0.25) is 4.79 Å².